The molecular weight excluding hydrogens is 270 g/mol. The van der Waals surface area contributed by atoms with E-state index in [2.05, 4.69) is 30.4 Å². The van der Waals surface area contributed by atoms with E-state index >= 15 is 0 Å². The fourth-order valence-corrected chi connectivity index (χ4v) is 2.47. The van der Waals surface area contributed by atoms with E-state index in [0.29, 0.717) is 6.61 Å². The number of hydrogen-bond donors (Lipinski definition) is 1. The third-order valence-electron chi connectivity index (χ3n) is 3.34. The molecule has 0 aromatic heterocycles. The van der Waals surface area contributed by atoms with Gasteiger partial charge in [-0.3, -0.25) is 0 Å². The molecule has 0 heterocycles. The molecule has 2 unspecified atom stereocenters. The van der Waals surface area contributed by atoms with Crippen LogP contribution in [0.25, 0.3) is 0 Å². The minimum absolute atomic E-state index is 0.162. The second kappa shape index (κ2) is 7.44. The summed E-state index contributed by atoms with van der Waals surface area (Å²) in [4.78, 5) is 0. The van der Waals surface area contributed by atoms with Crippen LogP contribution in [-0.2, 0) is 4.74 Å². The number of halogens is 1. The van der Waals surface area contributed by atoms with Gasteiger partial charge in [-0.25, -0.2) is 0 Å². The van der Waals surface area contributed by atoms with Gasteiger partial charge in [-0.05, 0) is 30.2 Å². The number of ether oxygens (including phenoxy) is 1. The van der Waals surface area contributed by atoms with Crippen LogP contribution in [0.4, 0.5) is 0 Å². The van der Waals surface area contributed by atoms with Crippen molar-refractivity contribution >= 4 is 11.6 Å². The molecule has 106 valence electrons. The summed E-state index contributed by atoms with van der Waals surface area (Å²) in [6.45, 7) is 2.77. The summed E-state index contributed by atoms with van der Waals surface area (Å²) >= 11 is 6.05. The van der Waals surface area contributed by atoms with E-state index in [4.69, 9.17) is 16.3 Å². The first-order valence-corrected chi connectivity index (χ1v) is 7.14. The zero-order valence-corrected chi connectivity index (χ0v) is 12.6. The van der Waals surface area contributed by atoms with Crippen molar-refractivity contribution in [3.8, 4) is 0 Å². The molecule has 0 aliphatic heterocycles. The predicted molar refractivity (Wildman–Crippen MR) is 84.1 cm³/mol. The molecule has 0 aliphatic rings. The van der Waals surface area contributed by atoms with E-state index in [1.807, 2.05) is 36.4 Å². The lowest BCUT2D eigenvalue weighted by atomic mass is 10.0. The lowest BCUT2D eigenvalue weighted by molar-refractivity contribution is 0.162. The maximum atomic E-state index is 6.05. The minimum Gasteiger partial charge on any atom is -0.383 e. The number of hydrogen-bond acceptors (Lipinski definition) is 2. The van der Waals surface area contributed by atoms with Gasteiger partial charge in [-0.1, -0.05) is 54.1 Å². The van der Waals surface area contributed by atoms with Crippen LogP contribution < -0.4 is 5.32 Å². The molecule has 0 bridgehead atoms. The standard InChI is InChI=1S/C17H20ClNO/c1-13(15-9-6-10-16(18)11-15)19-17(12-20-2)14-7-4-3-5-8-14/h3-11,13,17,19H,12H2,1-2H3. The molecule has 20 heavy (non-hydrogen) atoms. The van der Waals surface area contributed by atoms with Gasteiger partial charge in [0.1, 0.15) is 0 Å². The van der Waals surface area contributed by atoms with Crippen molar-refractivity contribution < 1.29 is 4.74 Å². The van der Waals surface area contributed by atoms with E-state index in [1.165, 1.54) is 11.1 Å². The first kappa shape index (κ1) is 15.0. The normalized spacial score (nSPS) is 13.9. The monoisotopic (exact) mass is 289 g/mol. The van der Waals surface area contributed by atoms with Crippen LogP contribution in [0.15, 0.2) is 54.6 Å². The predicted octanol–water partition coefficient (Wildman–Crippen LogP) is 4.38. The van der Waals surface area contributed by atoms with Crippen molar-refractivity contribution in [2.24, 2.45) is 0 Å². The molecule has 0 radical (unpaired) electrons. The molecular formula is C17H20ClNO. The van der Waals surface area contributed by atoms with E-state index < -0.39 is 0 Å². The lowest BCUT2D eigenvalue weighted by Gasteiger charge is -2.23. The molecule has 0 saturated carbocycles. The van der Waals surface area contributed by atoms with Crippen LogP contribution in [0.5, 0.6) is 0 Å². The zero-order chi connectivity index (χ0) is 14.4. The average Bonchev–Trinajstić information content (AvgIpc) is 2.47. The highest BCUT2D eigenvalue weighted by atomic mass is 35.5. The van der Waals surface area contributed by atoms with Gasteiger partial charge in [0, 0.05) is 18.2 Å². The number of nitrogens with one attached hydrogen (secondary N) is 1. The van der Waals surface area contributed by atoms with Crippen molar-refractivity contribution in [1.82, 2.24) is 5.32 Å². The Morgan fingerprint density at radius 3 is 2.40 bits per heavy atom. The van der Waals surface area contributed by atoms with Crippen LogP contribution >= 0.6 is 11.6 Å². The van der Waals surface area contributed by atoms with Crippen LogP contribution in [-0.4, -0.2) is 13.7 Å². The molecule has 0 fully saturated rings. The summed E-state index contributed by atoms with van der Waals surface area (Å²) in [5.74, 6) is 0. The molecule has 1 N–H and O–H groups in total. The largest absolute Gasteiger partial charge is 0.383 e. The molecule has 3 heteroatoms. The van der Waals surface area contributed by atoms with E-state index in [-0.39, 0.29) is 12.1 Å². The maximum absolute atomic E-state index is 6.05. The lowest BCUT2D eigenvalue weighted by Crippen LogP contribution is -2.28. The van der Waals surface area contributed by atoms with Gasteiger partial charge in [0.05, 0.1) is 12.6 Å². The summed E-state index contributed by atoms with van der Waals surface area (Å²) in [5.41, 5.74) is 2.40. The molecule has 0 aliphatic carbocycles. The highest BCUT2D eigenvalue weighted by molar-refractivity contribution is 6.30. The molecule has 2 rings (SSSR count). The van der Waals surface area contributed by atoms with Gasteiger partial charge in [0.2, 0.25) is 0 Å². The molecule has 0 spiro atoms. The highest BCUT2D eigenvalue weighted by Gasteiger charge is 2.15. The maximum Gasteiger partial charge on any atom is 0.0657 e. The number of benzene rings is 2. The van der Waals surface area contributed by atoms with Crippen molar-refractivity contribution in [2.45, 2.75) is 19.0 Å². The van der Waals surface area contributed by atoms with E-state index in [1.54, 1.807) is 7.11 Å². The average molecular weight is 290 g/mol. The molecule has 2 aromatic carbocycles. The topological polar surface area (TPSA) is 21.3 Å². The van der Waals surface area contributed by atoms with Crippen LogP contribution in [0, 0.1) is 0 Å². The van der Waals surface area contributed by atoms with Gasteiger partial charge in [0.25, 0.3) is 0 Å². The highest BCUT2D eigenvalue weighted by Crippen LogP contribution is 2.22. The molecule has 2 atom stereocenters. The van der Waals surface area contributed by atoms with Crippen molar-refractivity contribution in [3.05, 3.63) is 70.7 Å². The summed E-state index contributed by atoms with van der Waals surface area (Å²) in [6.07, 6.45) is 0. The van der Waals surface area contributed by atoms with Crippen molar-refractivity contribution in [1.29, 1.82) is 0 Å². The van der Waals surface area contributed by atoms with Crippen LogP contribution in [0.3, 0.4) is 0 Å². The first-order chi connectivity index (χ1) is 9.70. The Balaban J connectivity index is 2.12. The second-order valence-electron chi connectivity index (χ2n) is 4.86. The number of methoxy groups -OCH3 is 1. The van der Waals surface area contributed by atoms with Gasteiger partial charge in [-0.15, -0.1) is 0 Å². The number of rotatable bonds is 6. The Kier molecular flexibility index (Phi) is 5.60. The van der Waals surface area contributed by atoms with Gasteiger partial charge >= 0.3 is 0 Å². The quantitative estimate of drug-likeness (QED) is 0.852. The summed E-state index contributed by atoms with van der Waals surface area (Å²) < 4.78 is 5.33. The van der Waals surface area contributed by atoms with E-state index in [9.17, 15) is 0 Å². The summed E-state index contributed by atoms with van der Waals surface area (Å²) in [6, 6.07) is 18.6. The summed E-state index contributed by atoms with van der Waals surface area (Å²) in [7, 11) is 1.72. The molecule has 2 nitrogen and oxygen atoms in total. The Morgan fingerprint density at radius 2 is 1.75 bits per heavy atom. The Bertz CT molecular complexity index is 530. The van der Waals surface area contributed by atoms with Gasteiger partial charge < -0.3 is 10.1 Å². The third-order valence-corrected chi connectivity index (χ3v) is 3.57. The van der Waals surface area contributed by atoms with Crippen LogP contribution in [0.1, 0.15) is 30.1 Å². The SMILES string of the molecule is COCC(NC(C)c1cccc(Cl)c1)c1ccccc1. The summed E-state index contributed by atoms with van der Waals surface area (Å²) in [5, 5.41) is 4.36. The molecule has 0 saturated heterocycles. The molecule has 2 aromatic rings. The first-order valence-electron chi connectivity index (χ1n) is 6.76. The fraction of sp³-hybridized carbons (Fsp3) is 0.294. The van der Waals surface area contributed by atoms with Crippen LogP contribution in [0.2, 0.25) is 5.02 Å². The minimum atomic E-state index is 0.162. The Hall–Kier alpha value is -1.35. The van der Waals surface area contributed by atoms with E-state index in [0.717, 1.165) is 5.02 Å². The van der Waals surface area contributed by atoms with Gasteiger partial charge in [0.15, 0.2) is 0 Å². The smallest absolute Gasteiger partial charge is 0.0657 e. The molecule has 0 amide bonds. The zero-order valence-electron chi connectivity index (χ0n) is 11.8. The second-order valence-corrected chi connectivity index (χ2v) is 5.30. The third kappa shape index (κ3) is 4.07. The Labute approximate surface area is 125 Å². The Morgan fingerprint density at radius 1 is 1.05 bits per heavy atom. The van der Waals surface area contributed by atoms with Crippen molar-refractivity contribution in [2.75, 3.05) is 13.7 Å². The fourth-order valence-electron chi connectivity index (χ4n) is 2.27. The van der Waals surface area contributed by atoms with Crippen molar-refractivity contribution in [3.63, 3.8) is 0 Å². The van der Waals surface area contributed by atoms with Gasteiger partial charge in [-0.2, -0.15) is 0 Å².